The van der Waals surface area contributed by atoms with Crippen LogP contribution in [0.2, 0.25) is 5.02 Å². The molecule has 0 aromatic heterocycles. The van der Waals surface area contributed by atoms with Crippen LogP contribution in [0.4, 0.5) is 10.1 Å². The summed E-state index contributed by atoms with van der Waals surface area (Å²) in [5.41, 5.74) is 4.04. The predicted molar refractivity (Wildman–Crippen MR) is 110 cm³/mol. The molecule has 0 radical (unpaired) electrons. The normalized spacial score (nSPS) is 11.7. The van der Waals surface area contributed by atoms with Gasteiger partial charge in [0.05, 0.1) is 11.1 Å². The van der Waals surface area contributed by atoms with Crippen molar-refractivity contribution < 1.29 is 4.39 Å². The Morgan fingerprint density at radius 2 is 1.69 bits per heavy atom. The number of nitrogens with one attached hydrogen (secondary N) is 2. The van der Waals surface area contributed by atoms with Gasteiger partial charge in [0.25, 0.3) is 0 Å². The number of anilines is 1. The van der Waals surface area contributed by atoms with Crippen molar-refractivity contribution in [3.8, 4) is 0 Å². The molecule has 1 atom stereocenters. The summed E-state index contributed by atoms with van der Waals surface area (Å²) >= 11 is 11.3. The number of thiocarbonyl (C=S) groups is 1. The number of rotatable bonds is 4. The van der Waals surface area contributed by atoms with E-state index < -0.39 is 5.82 Å². The summed E-state index contributed by atoms with van der Waals surface area (Å²) < 4.78 is 13.3. The number of benzene rings is 3. The highest BCUT2D eigenvalue weighted by Crippen LogP contribution is 2.25. The van der Waals surface area contributed by atoms with Crippen molar-refractivity contribution in [2.24, 2.45) is 0 Å². The summed E-state index contributed by atoms with van der Waals surface area (Å²) in [5, 5.41) is 6.91. The summed E-state index contributed by atoms with van der Waals surface area (Å²) in [5.74, 6) is -0.460. The van der Waals surface area contributed by atoms with E-state index in [0.29, 0.717) is 10.8 Å². The zero-order valence-electron chi connectivity index (χ0n) is 14.2. The molecule has 3 rings (SSSR count). The van der Waals surface area contributed by atoms with Gasteiger partial charge < -0.3 is 10.6 Å². The van der Waals surface area contributed by atoms with Crippen LogP contribution in [-0.4, -0.2) is 5.11 Å². The van der Waals surface area contributed by atoms with E-state index in [9.17, 15) is 4.39 Å². The highest BCUT2D eigenvalue weighted by Gasteiger charge is 2.17. The van der Waals surface area contributed by atoms with E-state index in [0.717, 1.165) is 11.1 Å². The molecule has 0 aliphatic rings. The lowest BCUT2D eigenvalue weighted by Gasteiger charge is -2.23. The molecule has 0 saturated carbocycles. The molecule has 0 bridgehead atoms. The van der Waals surface area contributed by atoms with Gasteiger partial charge in [0, 0.05) is 5.69 Å². The summed E-state index contributed by atoms with van der Waals surface area (Å²) in [7, 11) is 0. The zero-order chi connectivity index (χ0) is 18.5. The first-order valence-electron chi connectivity index (χ1n) is 8.17. The van der Waals surface area contributed by atoms with E-state index in [4.69, 9.17) is 23.8 Å². The molecule has 3 aromatic carbocycles. The highest BCUT2D eigenvalue weighted by atomic mass is 35.5. The molecular weight excluding hydrogens is 367 g/mol. The van der Waals surface area contributed by atoms with Gasteiger partial charge in [-0.25, -0.2) is 4.39 Å². The van der Waals surface area contributed by atoms with E-state index in [1.807, 2.05) is 30.3 Å². The van der Waals surface area contributed by atoms with Gasteiger partial charge in [-0.05, 0) is 54.0 Å². The fourth-order valence-electron chi connectivity index (χ4n) is 2.77. The number of hydrogen-bond acceptors (Lipinski definition) is 1. The number of hydrogen-bond donors (Lipinski definition) is 2. The van der Waals surface area contributed by atoms with Crippen LogP contribution in [0, 0.1) is 12.7 Å². The SMILES string of the molecule is Cc1ccccc1[C@@H](NC(=S)Nc1ccc(F)c(Cl)c1)c1ccccc1. The van der Waals surface area contributed by atoms with Gasteiger partial charge in [-0.15, -0.1) is 0 Å². The topological polar surface area (TPSA) is 24.1 Å². The van der Waals surface area contributed by atoms with Gasteiger partial charge in [-0.1, -0.05) is 66.2 Å². The van der Waals surface area contributed by atoms with Crippen LogP contribution in [0.15, 0.2) is 72.8 Å². The van der Waals surface area contributed by atoms with Crippen molar-refractivity contribution in [2.45, 2.75) is 13.0 Å². The van der Waals surface area contributed by atoms with Gasteiger partial charge >= 0.3 is 0 Å². The minimum absolute atomic E-state index is 0.0521. The molecule has 0 fully saturated rings. The summed E-state index contributed by atoms with van der Waals surface area (Å²) in [4.78, 5) is 0. The fourth-order valence-corrected chi connectivity index (χ4v) is 3.19. The monoisotopic (exact) mass is 384 g/mol. The van der Waals surface area contributed by atoms with Gasteiger partial charge in [-0.2, -0.15) is 0 Å². The minimum atomic E-state index is -0.460. The van der Waals surface area contributed by atoms with E-state index in [1.165, 1.54) is 17.7 Å². The molecule has 0 amide bonds. The minimum Gasteiger partial charge on any atom is -0.352 e. The Hall–Kier alpha value is -2.43. The van der Waals surface area contributed by atoms with Gasteiger partial charge in [-0.3, -0.25) is 0 Å². The lowest BCUT2D eigenvalue weighted by molar-refractivity contribution is 0.628. The third-order valence-corrected chi connectivity index (χ3v) is 4.59. The Labute approximate surface area is 163 Å². The van der Waals surface area contributed by atoms with Crippen LogP contribution in [0.3, 0.4) is 0 Å². The third-order valence-electron chi connectivity index (χ3n) is 4.09. The first-order chi connectivity index (χ1) is 12.5. The third kappa shape index (κ3) is 4.40. The van der Waals surface area contributed by atoms with E-state index in [-0.39, 0.29) is 11.1 Å². The van der Waals surface area contributed by atoms with Crippen LogP contribution in [0.25, 0.3) is 0 Å². The quantitative estimate of drug-likeness (QED) is 0.550. The van der Waals surface area contributed by atoms with Crippen molar-refractivity contribution in [3.63, 3.8) is 0 Å². The number of halogens is 2. The second kappa shape index (κ2) is 8.30. The lowest BCUT2D eigenvalue weighted by atomic mass is 9.95. The average molecular weight is 385 g/mol. The van der Waals surface area contributed by atoms with E-state index in [1.54, 1.807) is 6.07 Å². The van der Waals surface area contributed by atoms with Crippen molar-refractivity contribution in [1.82, 2.24) is 5.32 Å². The van der Waals surface area contributed by atoms with Crippen LogP contribution < -0.4 is 10.6 Å². The molecule has 2 N–H and O–H groups in total. The van der Waals surface area contributed by atoms with E-state index in [2.05, 4.69) is 41.8 Å². The maximum absolute atomic E-state index is 13.3. The van der Waals surface area contributed by atoms with Crippen LogP contribution in [0.1, 0.15) is 22.7 Å². The molecule has 0 heterocycles. The van der Waals surface area contributed by atoms with Crippen molar-refractivity contribution in [3.05, 3.63) is 100 Å². The van der Waals surface area contributed by atoms with Gasteiger partial charge in [0.15, 0.2) is 5.11 Å². The predicted octanol–water partition coefficient (Wildman–Crippen LogP) is 5.86. The molecule has 2 nitrogen and oxygen atoms in total. The Morgan fingerprint density at radius 3 is 2.38 bits per heavy atom. The van der Waals surface area contributed by atoms with Crippen LogP contribution >= 0.6 is 23.8 Å². The largest absolute Gasteiger partial charge is 0.352 e. The fraction of sp³-hybridized carbons (Fsp3) is 0.0952. The second-order valence-electron chi connectivity index (χ2n) is 5.93. The molecule has 0 saturated heterocycles. The Kier molecular flexibility index (Phi) is 5.86. The highest BCUT2D eigenvalue weighted by molar-refractivity contribution is 7.80. The van der Waals surface area contributed by atoms with E-state index >= 15 is 0 Å². The summed E-state index contributed by atoms with van der Waals surface area (Å²) in [6.07, 6.45) is 0. The van der Waals surface area contributed by atoms with Crippen molar-refractivity contribution >= 4 is 34.6 Å². The molecule has 26 heavy (non-hydrogen) atoms. The molecule has 0 unspecified atom stereocenters. The molecule has 0 aliphatic heterocycles. The maximum atomic E-state index is 13.3. The molecule has 132 valence electrons. The molecule has 5 heteroatoms. The van der Waals surface area contributed by atoms with Crippen LogP contribution in [-0.2, 0) is 0 Å². The maximum Gasteiger partial charge on any atom is 0.171 e. The molecule has 0 aliphatic carbocycles. The van der Waals surface area contributed by atoms with Crippen molar-refractivity contribution in [2.75, 3.05) is 5.32 Å². The van der Waals surface area contributed by atoms with Gasteiger partial charge in [0.1, 0.15) is 5.82 Å². The lowest BCUT2D eigenvalue weighted by Crippen LogP contribution is -2.33. The van der Waals surface area contributed by atoms with Crippen LogP contribution in [0.5, 0.6) is 0 Å². The summed E-state index contributed by atoms with van der Waals surface area (Å²) in [6, 6.07) is 22.6. The Balaban J connectivity index is 1.85. The Morgan fingerprint density at radius 1 is 1.00 bits per heavy atom. The zero-order valence-corrected chi connectivity index (χ0v) is 15.7. The summed E-state index contributed by atoms with van der Waals surface area (Å²) in [6.45, 7) is 2.07. The number of aryl methyl sites for hydroxylation is 1. The first-order valence-corrected chi connectivity index (χ1v) is 8.96. The smallest absolute Gasteiger partial charge is 0.171 e. The first kappa shape index (κ1) is 18.4. The molecular formula is C21H18ClFN2S. The van der Waals surface area contributed by atoms with Gasteiger partial charge in [0.2, 0.25) is 0 Å². The van der Waals surface area contributed by atoms with Crippen molar-refractivity contribution in [1.29, 1.82) is 0 Å². The standard InChI is InChI=1S/C21H18ClFN2S/c1-14-7-5-6-10-17(14)20(15-8-3-2-4-9-15)25-21(26)24-16-11-12-19(23)18(22)13-16/h2-13,20H,1H3,(H2,24,25,26)/t20-/m0/s1. The second-order valence-corrected chi connectivity index (χ2v) is 6.74. The Bertz CT molecular complexity index is 915. The molecule has 0 spiro atoms. The average Bonchev–Trinajstić information content (AvgIpc) is 2.64. The molecule has 3 aromatic rings.